The molecule has 1 amide bonds. The topological polar surface area (TPSA) is 80.0 Å². The van der Waals surface area contributed by atoms with E-state index in [9.17, 15) is 18.0 Å². The van der Waals surface area contributed by atoms with E-state index in [1.54, 1.807) is 36.5 Å². The van der Waals surface area contributed by atoms with Crippen LogP contribution in [0.3, 0.4) is 0 Å². The molecule has 0 spiro atoms. The number of anilines is 3. The average Bonchev–Trinajstić information content (AvgIpc) is 2.67. The van der Waals surface area contributed by atoms with Gasteiger partial charge in [-0.2, -0.15) is 13.2 Å². The van der Waals surface area contributed by atoms with E-state index in [0.29, 0.717) is 28.3 Å². The first-order valence-corrected chi connectivity index (χ1v) is 9.24. The van der Waals surface area contributed by atoms with Crippen molar-refractivity contribution in [1.29, 1.82) is 0 Å². The zero-order valence-electron chi connectivity index (χ0n) is 16.4. The minimum Gasteiger partial charge on any atom is -0.384 e. The zero-order chi connectivity index (χ0) is 21.9. The van der Waals surface area contributed by atoms with Crippen LogP contribution in [0.4, 0.5) is 30.4 Å². The Bertz CT molecular complexity index is 1050. The van der Waals surface area contributed by atoms with Gasteiger partial charge in [-0.1, -0.05) is 0 Å². The predicted octanol–water partition coefficient (Wildman–Crippen LogP) is 5.23. The van der Waals surface area contributed by atoms with Gasteiger partial charge in [-0.3, -0.25) is 4.79 Å². The number of pyridine rings is 1. The average molecular weight is 414 g/mol. The van der Waals surface area contributed by atoms with Crippen LogP contribution in [0.5, 0.6) is 0 Å². The molecule has 0 aliphatic carbocycles. The van der Waals surface area contributed by atoms with Crippen molar-refractivity contribution in [2.75, 3.05) is 11.1 Å². The second-order valence-electron chi connectivity index (χ2n) is 7.06. The zero-order valence-corrected chi connectivity index (χ0v) is 16.4. The number of benzene rings is 2. The largest absolute Gasteiger partial charge is 0.416 e. The molecule has 0 saturated heterocycles. The standard InChI is InChI=1S/C22H21F3N4O/c1-13(2)28-21(30)15-3-8-19(18(11-15)14-9-10-27-20(26)12-14)29-17-6-4-16(5-7-17)22(23,24)25/h3-13,29H,1-2H3,(H2,26,27)(H,28,30). The molecule has 8 heteroatoms. The van der Waals surface area contributed by atoms with Crippen LogP contribution in [0.15, 0.2) is 60.8 Å². The van der Waals surface area contributed by atoms with Gasteiger partial charge in [-0.25, -0.2) is 4.98 Å². The molecular weight excluding hydrogens is 393 g/mol. The van der Waals surface area contributed by atoms with Gasteiger partial charge in [0, 0.05) is 34.7 Å². The van der Waals surface area contributed by atoms with Crippen molar-refractivity contribution in [3.63, 3.8) is 0 Å². The van der Waals surface area contributed by atoms with Crippen molar-refractivity contribution in [1.82, 2.24) is 10.3 Å². The molecule has 4 N–H and O–H groups in total. The molecule has 2 aromatic carbocycles. The highest BCUT2D eigenvalue weighted by Crippen LogP contribution is 2.34. The molecule has 0 aliphatic rings. The number of amides is 1. The molecule has 3 aromatic rings. The SMILES string of the molecule is CC(C)NC(=O)c1ccc(Nc2ccc(C(F)(F)F)cc2)c(-c2ccnc(N)c2)c1. The monoisotopic (exact) mass is 414 g/mol. The highest BCUT2D eigenvalue weighted by atomic mass is 19.4. The highest BCUT2D eigenvalue weighted by molar-refractivity contribution is 5.97. The van der Waals surface area contributed by atoms with Gasteiger partial charge in [-0.15, -0.1) is 0 Å². The van der Waals surface area contributed by atoms with E-state index in [0.717, 1.165) is 17.7 Å². The van der Waals surface area contributed by atoms with E-state index in [4.69, 9.17) is 5.73 Å². The van der Waals surface area contributed by atoms with E-state index in [-0.39, 0.29) is 11.9 Å². The number of nitrogens with zero attached hydrogens (tertiary/aromatic N) is 1. The lowest BCUT2D eigenvalue weighted by atomic mass is 10.0. The Morgan fingerprint density at radius 2 is 1.73 bits per heavy atom. The summed E-state index contributed by atoms with van der Waals surface area (Å²) >= 11 is 0. The summed E-state index contributed by atoms with van der Waals surface area (Å²) in [7, 11) is 0. The normalized spacial score (nSPS) is 11.4. The van der Waals surface area contributed by atoms with Crippen molar-refractivity contribution in [3.05, 3.63) is 71.9 Å². The van der Waals surface area contributed by atoms with Crippen molar-refractivity contribution in [3.8, 4) is 11.1 Å². The van der Waals surface area contributed by atoms with Crippen molar-refractivity contribution in [2.45, 2.75) is 26.1 Å². The molecule has 5 nitrogen and oxygen atoms in total. The van der Waals surface area contributed by atoms with Crippen LogP contribution < -0.4 is 16.4 Å². The van der Waals surface area contributed by atoms with Crippen LogP contribution in [0.25, 0.3) is 11.1 Å². The summed E-state index contributed by atoms with van der Waals surface area (Å²) in [5.74, 6) is 0.0828. The first-order valence-electron chi connectivity index (χ1n) is 9.24. The van der Waals surface area contributed by atoms with Gasteiger partial charge in [0.2, 0.25) is 0 Å². The summed E-state index contributed by atoms with van der Waals surface area (Å²) in [5.41, 5.74) is 8.00. The number of carbonyl (C=O) groups excluding carboxylic acids is 1. The number of hydrogen-bond acceptors (Lipinski definition) is 4. The summed E-state index contributed by atoms with van der Waals surface area (Å²) < 4.78 is 38.4. The van der Waals surface area contributed by atoms with E-state index in [2.05, 4.69) is 15.6 Å². The van der Waals surface area contributed by atoms with Gasteiger partial charge in [0.15, 0.2) is 0 Å². The number of carbonyl (C=O) groups is 1. The number of hydrogen-bond donors (Lipinski definition) is 3. The predicted molar refractivity (Wildman–Crippen MR) is 111 cm³/mol. The Labute approximate surface area is 172 Å². The maximum Gasteiger partial charge on any atom is 0.416 e. The number of aromatic nitrogens is 1. The fourth-order valence-electron chi connectivity index (χ4n) is 2.89. The van der Waals surface area contributed by atoms with Gasteiger partial charge in [-0.05, 0) is 74.0 Å². The maximum atomic E-state index is 12.8. The summed E-state index contributed by atoms with van der Waals surface area (Å²) in [6.07, 6.45) is -2.85. The van der Waals surface area contributed by atoms with Crippen LogP contribution in [0.1, 0.15) is 29.8 Å². The molecule has 1 aromatic heterocycles. The molecule has 3 rings (SSSR count). The van der Waals surface area contributed by atoms with Gasteiger partial charge in [0.05, 0.1) is 5.56 Å². The number of nitrogens with two attached hydrogens (primary N) is 1. The molecule has 1 heterocycles. The van der Waals surface area contributed by atoms with Gasteiger partial charge >= 0.3 is 6.18 Å². The van der Waals surface area contributed by atoms with Crippen LogP contribution in [0.2, 0.25) is 0 Å². The second-order valence-corrected chi connectivity index (χ2v) is 7.06. The molecule has 0 saturated carbocycles. The first kappa shape index (κ1) is 21.2. The number of alkyl halides is 3. The summed E-state index contributed by atoms with van der Waals surface area (Å²) in [5, 5.41) is 5.95. The first-order chi connectivity index (χ1) is 14.1. The summed E-state index contributed by atoms with van der Waals surface area (Å²) in [6, 6.07) is 13.2. The smallest absolute Gasteiger partial charge is 0.384 e. The number of halogens is 3. The third-order valence-electron chi connectivity index (χ3n) is 4.28. The molecule has 0 unspecified atom stereocenters. The Kier molecular flexibility index (Phi) is 5.96. The molecule has 0 aliphatic heterocycles. The molecule has 156 valence electrons. The van der Waals surface area contributed by atoms with Crippen LogP contribution >= 0.6 is 0 Å². The summed E-state index contributed by atoms with van der Waals surface area (Å²) in [4.78, 5) is 16.4. The Hall–Kier alpha value is -3.55. The Morgan fingerprint density at radius 3 is 2.33 bits per heavy atom. The minimum absolute atomic E-state index is 0.0255. The van der Waals surface area contributed by atoms with Crippen molar-refractivity contribution < 1.29 is 18.0 Å². The maximum absolute atomic E-state index is 12.8. The third kappa shape index (κ3) is 5.08. The molecule has 30 heavy (non-hydrogen) atoms. The summed E-state index contributed by atoms with van der Waals surface area (Å²) in [6.45, 7) is 3.73. The lowest BCUT2D eigenvalue weighted by molar-refractivity contribution is -0.137. The van der Waals surface area contributed by atoms with Gasteiger partial charge < -0.3 is 16.4 Å². The molecule has 0 fully saturated rings. The van der Waals surface area contributed by atoms with Crippen LogP contribution in [0, 0.1) is 0 Å². The molecule has 0 bridgehead atoms. The van der Waals surface area contributed by atoms with Gasteiger partial charge in [0.1, 0.15) is 5.82 Å². The molecule has 0 atom stereocenters. The van der Waals surface area contributed by atoms with Gasteiger partial charge in [0.25, 0.3) is 5.91 Å². The fraction of sp³-hybridized carbons (Fsp3) is 0.182. The van der Waals surface area contributed by atoms with Crippen molar-refractivity contribution >= 4 is 23.1 Å². The second kappa shape index (κ2) is 8.44. The van der Waals surface area contributed by atoms with E-state index < -0.39 is 11.7 Å². The lowest BCUT2D eigenvalue weighted by Crippen LogP contribution is -2.30. The fourth-order valence-corrected chi connectivity index (χ4v) is 2.89. The van der Waals surface area contributed by atoms with Crippen molar-refractivity contribution in [2.24, 2.45) is 0 Å². The number of rotatable bonds is 5. The Balaban J connectivity index is 1.99. The molecule has 0 radical (unpaired) electrons. The third-order valence-corrected chi connectivity index (χ3v) is 4.28. The van der Waals surface area contributed by atoms with E-state index in [1.807, 2.05) is 13.8 Å². The highest BCUT2D eigenvalue weighted by Gasteiger charge is 2.30. The van der Waals surface area contributed by atoms with E-state index >= 15 is 0 Å². The number of nitrogen functional groups attached to an aromatic ring is 1. The Morgan fingerprint density at radius 1 is 1.03 bits per heavy atom. The van der Waals surface area contributed by atoms with Crippen LogP contribution in [-0.2, 0) is 6.18 Å². The lowest BCUT2D eigenvalue weighted by Gasteiger charge is -2.16. The number of nitrogens with one attached hydrogen (secondary N) is 2. The minimum atomic E-state index is -4.40. The quantitative estimate of drug-likeness (QED) is 0.534. The van der Waals surface area contributed by atoms with E-state index in [1.165, 1.54) is 12.1 Å². The molecular formula is C22H21F3N4O. The van der Waals surface area contributed by atoms with Crippen LogP contribution in [-0.4, -0.2) is 16.9 Å².